The van der Waals surface area contributed by atoms with E-state index in [9.17, 15) is 14.4 Å². The van der Waals surface area contributed by atoms with Gasteiger partial charge in [-0.15, -0.1) is 0 Å². The minimum atomic E-state index is -0.929. The molecule has 0 bridgehead atoms. The van der Waals surface area contributed by atoms with Crippen LogP contribution in [0.5, 0.6) is 5.75 Å². The number of carbonyl (C=O) groups is 1. The Kier molecular flexibility index (Phi) is 6.46. The third-order valence-electron chi connectivity index (χ3n) is 6.46. The monoisotopic (exact) mass is 469 g/mol. The van der Waals surface area contributed by atoms with Gasteiger partial charge in [-0.3, -0.25) is 4.79 Å². The van der Waals surface area contributed by atoms with Gasteiger partial charge in [0, 0.05) is 36.6 Å². The fraction of sp³-hybridized carbons (Fsp3) is 0.440. The minimum Gasteiger partial charge on any atom is -0.488 e. The van der Waals surface area contributed by atoms with Crippen molar-refractivity contribution in [3.63, 3.8) is 0 Å². The Labute approximate surface area is 196 Å². The number of halogens is 2. The van der Waals surface area contributed by atoms with Gasteiger partial charge in [0.1, 0.15) is 36.1 Å². The van der Waals surface area contributed by atoms with Crippen molar-refractivity contribution in [3.05, 3.63) is 52.6 Å². The van der Waals surface area contributed by atoms with Crippen LogP contribution in [0.4, 0.5) is 8.78 Å². The van der Waals surface area contributed by atoms with E-state index in [4.69, 9.17) is 14.2 Å². The largest absolute Gasteiger partial charge is 0.488 e. The number of rotatable bonds is 5. The minimum absolute atomic E-state index is 0.00615. The first-order chi connectivity index (χ1) is 16.5. The summed E-state index contributed by atoms with van der Waals surface area (Å²) in [6, 6.07) is 7.23. The summed E-state index contributed by atoms with van der Waals surface area (Å²) < 4.78 is 46.2. The number of carbonyl (C=O) groups excluding carboxylic acids is 1. The highest BCUT2D eigenvalue weighted by atomic mass is 19.1. The zero-order chi connectivity index (χ0) is 23.7. The number of hydrogen-bond donors (Lipinski definition) is 2. The van der Waals surface area contributed by atoms with E-state index in [1.807, 2.05) is 6.07 Å². The molecule has 5 rings (SSSR count). The third-order valence-corrected chi connectivity index (χ3v) is 6.46. The van der Waals surface area contributed by atoms with Crippen LogP contribution in [-0.4, -0.2) is 51.0 Å². The zero-order valence-corrected chi connectivity index (χ0v) is 18.5. The van der Waals surface area contributed by atoms with Gasteiger partial charge in [-0.25, -0.2) is 8.78 Å². The zero-order valence-electron chi connectivity index (χ0n) is 18.5. The van der Waals surface area contributed by atoms with Crippen molar-refractivity contribution >= 4 is 5.91 Å². The summed E-state index contributed by atoms with van der Waals surface area (Å²) in [4.78, 5) is 12.5. The van der Waals surface area contributed by atoms with E-state index in [0.717, 1.165) is 18.5 Å². The highest BCUT2D eigenvalue weighted by Crippen LogP contribution is 2.42. The van der Waals surface area contributed by atoms with E-state index >= 15 is 4.39 Å². The molecule has 0 radical (unpaired) electrons. The van der Waals surface area contributed by atoms with Crippen LogP contribution < -0.4 is 15.4 Å². The van der Waals surface area contributed by atoms with Gasteiger partial charge in [0.15, 0.2) is 0 Å². The molecule has 3 aliphatic rings. The summed E-state index contributed by atoms with van der Waals surface area (Å²) >= 11 is 0. The number of ether oxygens (including phenoxy) is 3. The number of fused-ring (bicyclic) bond motifs is 3. The topological polar surface area (TPSA) is 92.6 Å². The SMILES string of the molecule is N#C[C@@H](Cc1cc2c(cc1F)-c1cc(C3COC3)c(F)cc1CO2)NC(=O)C1CNCCCO1. The molecule has 7 nitrogen and oxygen atoms in total. The predicted molar refractivity (Wildman–Crippen MR) is 118 cm³/mol. The molecule has 3 aliphatic heterocycles. The molecule has 2 aromatic carbocycles. The van der Waals surface area contributed by atoms with Gasteiger partial charge in [0.2, 0.25) is 0 Å². The van der Waals surface area contributed by atoms with E-state index < -0.39 is 23.9 Å². The summed E-state index contributed by atoms with van der Waals surface area (Å²) in [5, 5.41) is 15.3. The fourth-order valence-corrected chi connectivity index (χ4v) is 4.46. The number of benzene rings is 2. The van der Waals surface area contributed by atoms with E-state index in [2.05, 4.69) is 10.6 Å². The molecule has 3 heterocycles. The Bertz CT molecular complexity index is 1140. The van der Waals surface area contributed by atoms with Crippen molar-refractivity contribution in [3.8, 4) is 22.9 Å². The maximum atomic E-state index is 15.1. The highest BCUT2D eigenvalue weighted by molar-refractivity contribution is 5.82. The second kappa shape index (κ2) is 9.66. The number of nitrogens with one attached hydrogen (secondary N) is 2. The van der Waals surface area contributed by atoms with Gasteiger partial charge in [-0.2, -0.15) is 5.26 Å². The van der Waals surface area contributed by atoms with Gasteiger partial charge in [-0.05, 0) is 53.9 Å². The molecule has 2 aromatic rings. The molecule has 34 heavy (non-hydrogen) atoms. The molecule has 2 saturated heterocycles. The fourth-order valence-electron chi connectivity index (χ4n) is 4.46. The Morgan fingerprint density at radius 1 is 1.21 bits per heavy atom. The molecule has 1 amide bonds. The summed E-state index contributed by atoms with van der Waals surface area (Å²) in [5.41, 5.74) is 2.74. The molecule has 0 saturated carbocycles. The highest BCUT2D eigenvalue weighted by Gasteiger charge is 2.29. The van der Waals surface area contributed by atoms with Crippen molar-refractivity contribution in [1.29, 1.82) is 5.26 Å². The van der Waals surface area contributed by atoms with Crippen LogP contribution in [0.15, 0.2) is 24.3 Å². The van der Waals surface area contributed by atoms with Crippen molar-refractivity contribution in [2.24, 2.45) is 0 Å². The molecule has 1 unspecified atom stereocenters. The molecule has 2 N–H and O–H groups in total. The van der Waals surface area contributed by atoms with E-state index in [-0.39, 0.29) is 30.3 Å². The molecule has 0 spiro atoms. The van der Waals surface area contributed by atoms with Crippen LogP contribution in [0.1, 0.15) is 29.0 Å². The van der Waals surface area contributed by atoms with E-state index in [0.29, 0.717) is 48.8 Å². The summed E-state index contributed by atoms with van der Waals surface area (Å²) in [6.07, 6.45) is 0.0887. The van der Waals surface area contributed by atoms with Crippen LogP contribution in [0.25, 0.3) is 11.1 Å². The standard InChI is InChI=1S/C25H25F2N3O4/c26-21-8-20-18-7-19(16-11-32-12-16)22(27)5-15(18)13-34-23(20)6-14(21)4-17(9-28)30-25(31)24-10-29-2-1-3-33-24/h5-8,16-17,24,29H,1-4,10-13H2,(H,30,31)/t17-,24?/m1/s1. The second-order valence-corrected chi connectivity index (χ2v) is 8.81. The van der Waals surface area contributed by atoms with Crippen LogP contribution in [0, 0.1) is 23.0 Å². The Hall–Kier alpha value is -3.06. The smallest absolute Gasteiger partial charge is 0.251 e. The summed E-state index contributed by atoms with van der Waals surface area (Å²) in [6.45, 7) is 2.68. The molecule has 2 fully saturated rings. The number of hydrogen-bond acceptors (Lipinski definition) is 6. The first kappa shape index (κ1) is 22.7. The van der Waals surface area contributed by atoms with E-state index in [1.165, 1.54) is 12.1 Å². The maximum Gasteiger partial charge on any atom is 0.251 e. The molecule has 0 aliphatic carbocycles. The van der Waals surface area contributed by atoms with Gasteiger partial charge < -0.3 is 24.8 Å². The molecular formula is C25H25F2N3O4. The molecule has 9 heteroatoms. The molecular weight excluding hydrogens is 444 g/mol. The van der Waals surface area contributed by atoms with E-state index in [1.54, 1.807) is 12.1 Å². The Balaban J connectivity index is 1.36. The number of nitriles is 1. The molecule has 0 aromatic heterocycles. The quantitative estimate of drug-likeness (QED) is 0.700. The first-order valence-electron chi connectivity index (χ1n) is 11.4. The average Bonchev–Trinajstić information content (AvgIpc) is 3.08. The average molecular weight is 469 g/mol. The van der Waals surface area contributed by atoms with Crippen LogP contribution in [0.3, 0.4) is 0 Å². The van der Waals surface area contributed by atoms with Crippen molar-refractivity contribution in [2.75, 3.05) is 32.9 Å². The molecule has 178 valence electrons. The lowest BCUT2D eigenvalue weighted by Crippen LogP contribution is -2.46. The maximum absolute atomic E-state index is 15.1. The first-order valence-corrected chi connectivity index (χ1v) is 11.4. The lowest BCUT2D eigenvalue weighted by molar-refractivity contribution is -0.132. The van der Waals surface area contributed by atoms with Gasteiger partial charge >= 0.3 is 0 Å². The van der Waals surface area contributed by atoms with Gasteiger partial charge in [0.05, 0.1) is 19.3 Å². The number of nitrogens with zero attached hydrogens (tertiary/aromatic N) is 1. The van der Waals surface area contributed by atoms with Crippen LogP contribution >= 0.6 is 0 Å². The normalized spacial score (nSPS) is 20.6. The Morgan fingerprint density at radius 3 is 2.82 bits per heavy atom. The van der Waals surface area contributed by atoms with Crippen molar-refractivity contribution in [1.82, 2.24) is 10.6 Å². The van der Waals surface area contributed by atoms with Crippen molar-refractivity contribution < 1.29 is 27.8 Å². The van der Waals surface area contributed by atoms with Crippen LogP contribution in [0.2, 0.25) is 0 Å². The molecule has 2 atom stereocenters. The second-order valence-electron chi connectivity index (χ2n) is 8.81. The van der Waals surface area contributed by atoms with Crippen molar-refractivity contribution in [2.45, 2.75) is 37.5 Å². The van der Waals surface area contributed by atoms with Crippen LogP contribution in [-0.2, 0) is 27.3 Å². The predicted octanol–water partition coefficient (Wildman–Crippen LogP) is 2.57. The summed E-state index contributed by atoms with van der Waals surface area (Å²) in [5.74, 6) is -0.774. The lowest BCUT2D eigenvalue weighted by Gasteiger charge is -2.29. The van der Waals surface area contributed by atoms with Gasteiger partial charge in [0.25, 0.3) is 5.91 Å². The third kappa shape index (κ3) is 4.49. The van der Waals surface area contributed by atoms with Gasteiger partial charge in [-0.1, -0.05) is 0 Å². The number of amides is 1. The lowest BCUT2D eigenvalue weighted by atomic mass is 9.88. The Morgan fingerprint density at radius 2 is 2.06 bits per heavy atom. The summed E-state index contributed by atoms with van der Waals surface area (Å²) in [7, 11) is 0.